The third kappa shape index (κ3) is 3.27. The molecule has 134 valence electrons. The molecule has 0 radical (unpaired) electrons. The summed E-state index contributed by atoms with van der Waals surface area (Å²) < 4.78 is 1.85. The minimum Gasteiger partial charge on any atom is -0.331 e. The smallest absolute Gasteiger partial charge is 0.260 e. The van der Waals surface area contributed by atoms with E-state index in [1.165, 1.54) is 0 Å². The van der Waals surface area contributed by atoms with Crippen molar-refractivity contribution in [2.45, 2.75) is 13.5 Å². The first-order valence-electron chi connectivity index (χ1n) is 8.51. The molecule has 4 aromatic rings. The van der Waals surface area contributed by atoms with Crippen LogP contribution in [-0.4, -0.2) is 16.7 Å². The number of aromatic nitrogens is 1. The first-order valence-corrected chi connectivity index (χ1v) is 9.39. The molecule has 0 saturated carbocycles. The van der Waals surface area contributed by atoms with Crippen LogP contribution in [0.4, 0.5) is 0 Å². The van der Waals surface area contributed by atoms with E-state index in [-0.39, 0.29) is 17.9 Å². The Bertz CT molecular complexity index is 1180. The van der Waals surface area contributed by atoms with Gasteiger partial charge in [0, 0.05) is 15.6 Å². The zero-order chi connectivity index (χ0) is 18.8. The SMILES string of the molecule is Cc1ccsc1/C=N\NC(=O)Cn1c2ccccc2c(=O)c2ccccc21. The maximum Gasteiger partial charge on any atom is 0.260 e. The fourth-order valence-electron chi connectivity index (χ4n) is 3.11. The molecular weight excluding hydrogens is 358 g/mol. The van der Waals surface area contributed by atoms with Gasteiger partial charge in [0.05, 0.1) is 17.2 Å². The average molecular weight is 375 g/mol. The van der Waals surface area contributed by atoms with Crippen LogP contribution in [0.3, 0.4) is 0 Å². The molecule has 2 aromatic carbocycles. The van der Waals surface area contributed by atoms with Crippen LogP contribution in [-0.2, 0) is 11.3 Å². The van der Waals surface area contributed by atoms with Crippen LogP contribution < -0.4 is 10.9 Å². The first kappa shape index (κ1) is 17.2. The molecule has 1 N–H and O–H groups in total. The number of carbonyl (C=O) groups is 1. The largest absolute Gasteiger partial charge is 0.331 e. The van der Waals surface area contributed by atoms with Gasteiger partial charge in [-0.05, 0) is 48.2 Å². The number of fused-ring (bicyclic) bond motifs is 2. The fraction of sp³-hybridized carbons (Fsp3) is 0.0952. The van der Waals surface area contributed by atoms with Crippen molar-refractivity contribution in [1.82, 2.24) is 9.99 Å². The van der Waals surface area contributed by atoms with Crippen molar-refractivity contribution in [1.29, 1.82) is 0 Å². The Labute approximate surface area is 159 Å². The number of nitrogens with zero attached hydrogens (tertiary/aromatic N) is 2. The first-order chi connectivity index (χ1) is 13.1. The molecular formula is C21H17N3O2S. The van der Waals surface area contributed by atoms with Crippen molar-refractivity contribution in [2.24, 2.45) is 5.10 Å². The highest BCUT2D eigenvalue weighted by molar-refractivity contribution is 7.11. The summed E-state index contributed by atoms with van der Waals surface area (Å²) >= 11 is 1.57. The molecule has 4 rings (SSSR count). The Balaban J connectivity index is 1.69. The average Bonchev–Trinajstić information content (AvgIpc) is 3.10. The maximum atomic E-state index is 12.7. The minimum absolute atomic E-state index is 0.0240. The summed E-state index contributed by atoms with van der Waals surface area (Å²) in [5.74, 6) is -0.251. The number of benzene rings is 2. The van der Waals surface area contributed by atoms with Gasteiger partial charge in [-0.25, -0.2) is 5.43 Å². The molecule has 5 nitrogen and oxygen atoms in total. The molecule has 0 aliphatic rings. The Morgan fingerprint density at radius 1 is 1.07 bits per heavy atom. The summed E-state index contributed by atoms with van der Waals surface area (Å²) in [4.78, 5) is 26.2. The second kappa shape index (κ2) is 7.17. The van der Waals surface area contributed by atoms with E-state index in [1.54, 1.807) is 29.7 Å². The van der Waals surface area contributed by atoms with Crippen molar-refractivity contribution < 1.29 is 4.79 Å². The van der Waals surface area contributed by atoms with Gasteiger partial charge in [-0.15, -0.1) is 11.3 Å². The summed E-state index contributed by atoms with van der Waals surface area (Å²) in [7, 11) is 0. The number of hydrogen-bond acceptors (Lipinski definition) is 4. The molecule has 0 atom stereocenters. The summed E-state index contributed by atoms with van der Waals surface area (Å²) in [6, 6.07) is 16.7. The zero-order valence-corrected chi connectivity index (χ0v) is 15.5. The van der Waals surface area contributed by atoms with Gasteiger partial charge in [0.25, 0.3) is 5.91 Å². The number of amides is 1. The van der Waals surface area contributed by atoms with Gasteiger partial charge in [0.2, 0.25) is 0 Å². The lowest BCUT2D eigenvalue weighted by Crippen LogP contribution is -2.25. The molecule has 0 saturated heterocycles. The number of carbonyl (C=O) groups excluding carboxylic acids is 1. The number of hydrazone groups is 1. The monoisotopic (exact) mass is 375 g/mol. The van der Waals surface area contributed by atoms with E-state index < -0.39 is 0 Å². The molecule has 0 bridgehead atoms. The molecule has 2 heterocycles. The lowest BCUT2D eigenvalue weighted by molar-refractivity contribution is -0.121. The predicted octanol–water partition coefficient (Wildman–Crippen LogP) is 3.67. The second-order valence-electron chi connectivity index (χ2n) is 6.21. The summed E-state index contributed by atoms with van der Waals surface area (Å²) in [6.45, 7) is 2.07. The van der Waals surface area contributed by atoms with E-state index in [1.807, 2.05) is 59.3 Å². The summed E-state index contributed by atoms with van der Waals surface area (Å²) in [6.07, 6.45) is 1.65. The number of rotatable bonds is 4. The van der Waals surface area contributed by atoms with Crippen LogP contribution in [0, 0.1) is 6.92 Å². The number of para-hydroxylation sites is 2. The van der Waals surface area contributed by atoms with Crippen molar-refractivity contribution in [3.8, 4) is 0 Å². The fourth-order valence-corrected chi connectivity index (χ4v) is 3.89. The van der Waals surface area contributed by atoms with E-state index in [9.17, 15) is 9.59 Å². The summed E-state index contributed by atoms with van der Waals surface area (Å²) in [5, 5.41) is 7.24. The van der Waals surface area contributed by atoms with Crippen molar-refractivity contribution in [2.75, 3.05) is 0 Å². The molecule has 0 spiro atoms. The molecule has 1 amide bonds. The highest BCUT2D eigenvalue weighted by Gasteiger charge is 2.12. The molecule has 2 aromatic heterocycles. The van der Waals surface area contributed by atoms with E-state index >= 15 is 0 Å². The Hall–Kier alpha value is -3.25. The van der Waals surface area contributed by atoms with Crippen molar-refractivity contribution >= 4 is 45.3 Å². The molecule has 0 unspecified atom stereocenters. The van der Waals surface area contributed by atoms with Crippen LogP contribution in [0.25, 0.3) is 21.8 Å². The maximum absolute atomic E-state index is 12.7. The van der Waals surface area contributed by atoms with Crippen molar-refractivity contribution in [3.05, 3.63) is 80.6 Å². The minimum atomic E-state index is -0.251. The summed E-state index contributed by atoms with van der Waals surface area (Å²) in [5.41, 5.74) is 5.14. The number of nitrogens with one attached hydrogen (secondary N) is 1. The number of pyridine rings is 1. The van der Waals surface area contributed by atoms with Crippen LogP contribution in [0.2, 0.25) is 0 Å². The molecule has 27 heavy (non-hydrogen) atoms. The third-order valence-corrected chi connectivity index (χ3v) is 5.41. The lowest BCUT2D eigenvalue weighted by atomic mass is 10.1. The number of aryl methyl sites for hydroxylation is 1. The molecule has 6 heteroatoms. The van der Waals surface area contributed by atoms with Gasteiger partial charge in [0.15, 0.2) is 5.43 Å². The third-order valence-electron chi connectivity index (χ3n) is 4.45. The van der Waals surface area contributed by atoms with Gasteiger partial charge < -0.3 is 4.57 Å². The standard InChI is InChI=1S/C21H17N3O2S/c1-14-10-11-27-19(14)12-22-23-20(25)13-24-17-8-4-2-6-15(17)21(26)16-7-3-5-9-18(16)24/h2-12H,13H2,1H3,(H,23,25)/b22-12-. The van der Waals surface area contributed by atoms with E-state index in [0.717, 1.165) is 21.5 Å². The van der Waals surface area contributed by atoms with Gasteiger partial charge in [-0.2, -0.15) is 5.10 Å². The highest BCUT2D eigenvalue weighted by atomic mass is 32.1. The number of hydrogen-bond donors (Lipinski definition) is 1. The highest BCUT2D eigenvalue weighted by Crippen LogP contribution is 2.19. The van der Waals surface area contributed by atoms with Gasteiger partial charge in [0.1, 0.15) is 6.54 Å². The van der Waals surface area contributed by atoms with Crippen LogP contribution in [0.15, 0.2) is 69.9 Å². The Morgan fingerprint density at radius 3 is 2.30 bits per heavy atom. The van der Waals surface area contributed by atoms with Gasteiger partial charge in [-0.3, -0.25) is 9.59 Å². The Morgan fingerprint density at radius 2 is 1.70 bits per heavy atom. The second-order valence-corrected chi connectivity index (χ2v) is 7.16. The molecule has 0 fully saturated rings. The van der Waals surface area contributed by atoms with E-state index in [2.05, 4.69) is 10.5 Å². The predicted molar refractivity (Wildman–Crippen MR) is 111 cm³/mol. The number of thiophene rings is 1. The molecule has 0 aliphatic heterocycles. The van der Waals surface area contributed by atoms with E-state index in [0.29, 0.717) is 10.8 Å². The van der Waals surface area contributed by atoms with Crippen LogP contribution >= 0.6 is 11.3 Å². The quantitative estimate of drug-likeness (QED) is 0.336. The van der Waals surface area contributed by atoms with E-state index in [4.69, 9.17) is 0 Å². The normalized spacial score (nSPS) is 11.4. The Kier molecular flexibility index (Phi) is 4.56. The van der Waals surface area contributed by atoms with Crippen LogP contribution in [0.5, 0.6) is 0 Å². The van der Waals surface area contributed by atoms with Crippen molar-refractivity contribution in [3.63, 3.8) is 0 Å². The lowest BCUT2D eigenvalue weighted by Gasteiger charge is -2.14. The van der Waals surface area contributed by atoms with Crippen LogP contribution in [0.1, 0.15) is 10.4 Å². The topological polar surface area (TPSA) is 63.5 Å². The zero-order valence-electron chi connectivity index (χ0n) is 14.7. The van der Waals surface area contributed by atoms with Gasteiger partial charge >= 0.3 is 0 Å². The molecule has 0 aliphatic carbocycles. The van der Waals surface area contributed by atoms with Gasteiger partial charge in [-0.1, -0.05) is 24.3 Å².